The molecule has 4 aromatic rings. The molecule has 0 aliphatic rings. The SMILES string of the molecule is Cc1c(-c2ccc(F)cc2)nn(-c2cccc(Cl)c2)c1-c1ccc(F)cc1. The molecule has 1 heterocycles. The molecule has 0 N–H and O–H groups in total. The predicted octanol–water partition coefficient (Wildman–Crippen LogP) is 6.45. The van der Waals surface area contributed by atoms with Crippen LogP contribution in [0.3, 0.4) is 0 Å². The van der Waals surface area contributed by atoms with E-state index in [2.05, 4.69) is 0 Å². The molecule has 0 amide bonds. The van der Waals surface area contributed by atoms with Gasteiger partial charge in [-0.05, 0) is 73.7 Å². The van der Waals surface area contributed by atoms with Crippen LogP contribution in [-0.2, 0) is 0 Å². The zero-order valence-electron chi connectivity index (χ0n) is 14.5. The van der Waals surface area contributed by atoms with E-state index < -0.39 is 0 Å². The topological polar surface area (TPSA) is 17.8 Å². The van der Waals surface area contributed by atoms with E-state index in [1.54, 1.807) is 35.0 Å². The molecule has 0 aliphatic carbocycles. The summed E-state index contributed by atoms with van der Waals surface area (Å²) in [5.41, 5.74) is 4.89. The van der Waals surface area contributed by atoms with E-state index in [4.69, 9.17) is 16.7 Å². The van der Waals surface area contributed by atoms with Crippen LogP contribution in [0.25, 0.3) is 28.2 Å². The highest BCUT2D eigenvalue weighted by molar-refractivity contribution is 6.30. The van der Waals surface area contributed by atoms with Crippen molar-refractivity contribution < 1.29 is 8.78 Å². The van der Waals surface area contributed by atoms with Gasteiger partial charge in [-0.15, -0.1) is 0 Å². The lowest BCUT2D eigenvalue weighted by Crippen LogP contribution is -1.99. The van der Waals surface area contributed by atoms with E-state index in [1.165, 1.54) is 24.3 Å². The van der Waals surface area contributed by atoms with Gasteiger partial charge in [-0.3, -0.25) is 0 Å². The van der Waals surface area contributed by atoms with Crippen molar-refractivity contribution >= 4 is 11.6 Å². The predicted molar refractivity (Wildman–Crippen MR) is 104 cm³/mol. The molecule has 134 valence electrons. The highest BCUT2D eigenvalue weighted by atomic mass is 35.5. The van der Waals surface area contributed by atoms with Gasteiger partial charge in [0, 0.05) is 21.7 Å². The van der Waals surface area contributed by atoms with E-state index in [-0.39, 0.29) is 11.6 Å². The Morgan fingerprint density at radius 1 is 0.815 bits per heavy atom. The smallest absolute Gasteiger partial charge is 0.123 e. The number of hydrogen-bond acceptors (Lipinski definition) is 1. The maximum atomic E-state index is 13.4. The van der Waals surface area contributed by atoms with Crippen molar-refractivity contribution in [1.29, 1.82) is 0 Å². The van der Waals surface area contributed by atoms with E-state index in [9.17, 15) is 8.78 Å². The average molecular weight is 381 g/mol. The number of aromatic nitrogens is 2. The van der Waals surface area contributed by atoms with Gasteiger partial charge in [0.15, 0.2) is 0 Å². The second-order valence-corrected chi connectivity index (χ2v) is 6.66. The summed E-state index contributed by atoms with van der Waals surface area (Å²) >= 11 is 6.16. The molecule has 0 fully saturated rings. The minimum atomic E-state index is -0.302. The first-order valence-electron chi connectivity index (χ1n) is 8.40. The van der Waals surface area contributed by atoms with Gasteiger partial charge in [-0.25, -0.2) is 13.5 Å². The van der Waals surface area contributed by atoms with E-state index in [0.29, 0.717) is 5.02 Å². The lowest BCUT2D eigenvalue weighted by atomic mass is 10.0. The second-order valence-electron chi connectivity index (χ2n) is 6.23. The zero-order chi connectivity index (χ0) is 19.0. The Kier molecular flexibility index (Phi) is 4.50. The quantitative estimate of drug-likeness (QED) is 0.399. The fourth-order valence-electron chi connectivity index (χ4n) is 3.12. The third-order valence-corrected chi connectivity index (χ3v) is 4.65. The van der Waals surface area contributed by atoms with E-state index in [1.807, 2.05) is 25.1 Å². The van der Waals surface area contributed by atoms with Crippen LogP contribution in [0.4, 0.5) is 8.78 Å². The van der Waals surface area contributed by atoms with Crippen molar-refractivity contribution in [2.75, 3.05) is 0 Å². The largest absolute Gasteiger partial charge is 0.232 e. The summed E-state index contributed by atoms with van der Waals surface area (Å²) in [5, 5.41) is 5.35. The number of rotatable bonds is 3. The Morgan fingerprint density at radius 2 is 1.41 bits per heavy atom. The molecule has 3 aromatic carbocycles. The van der Waals surface area contributed by atoms with Gasteiger partial charge in [-0.1, -0.05) is 17.7 Å². The number of halogens is 3. The Hall–Kier alpha value is -2.98. The van der Waals surface area contributed by atoms with Crippen molar-refractivity contribution in [3.63, 3.8) is 0 Å². The van der Waals surface area contributed by atoms with Gasteiger partial charge in [-0.2, -0.15) is 5.10 Å². The van der Waals surface area contributed by atoms with Crippen molar-refractivity contribution in [2.24, 2.45) is 0 Å². The van der Waals surface area contributed by atoms with Crippen LogP contribution in [-0.4, -0.2) is 9.78 Å². The molecule has 0 radical (unpaired) electrons. The van der Waals surface area contributed by atoms with Crippen molar-refractivity contribution in [2.45, 2.75) is 6.92 Å². The summed E-state index contributed by atoms with van der Waals surface area (Å²) in [6, 6.07) is 19.8. The minimum Gasteiger partial charge on any atom is -0.232 e. The monoisotopic (exact) mass is 380 g/mol. The summed E-state index contributed by atoms with van der Waals surface area (Å²) < 4.78 is 28.5. The van der Waals surface area contributed by atoms with E-state index in [0.717, 1.165) is 33.8 Å². The Bertz CT molecular complexity index is 1100. The lowest BCUT2D eigenvalue weighted by molar-refractivity contribution is 0.627. The highest BCUT2D eigenvalue weighted by Gasteiger charge is 2.19. The third-order valence-electron chi connectivity index (χ3n) is 4.41. The standard InChI is InChI=1S/C22H15ClF2N2/c1-14-21(15-5-9-18(24)10-6-15)26-27(20-4-2-3-17(23)13-20)22(14)16-7-11-19(25)12-8-16/h2-13H,1H3. The van der Waals surface area contributed by atoms with Crippen molar-refractivity contribution in [3.05, 3.63) is 95.0 Å². The first kappa shape index (κ1) is 17.4. The van der Waals surface area contributed by atoms with Gasteiger partial charge in [0.25, 0.3) is 0 Å². The summed E-state index contributed by atoms with van der Waals surface area (Å²) in [5.74, 6) is -0.603. The normalized spacial score (nSPS) is 11.0. The fraction of sp³-hybridized carbons (Fsp3) is 0.0455. The molecule has 0 aliphatic heterocycles. The summed E-state index contributed by atoms with van der Waals surface area (Å²) in [6.45, 7) is 1.95. The van der Waals surface area contributed by atoms with Gasteiger partial charge < -0.3 is 0 Å². The average Bonchev–Trinajstić information content (AvgIpc) is 3.00. The van der Waals surface area contributed by atoms with Crippen LogP contribution in [0.2, 0.25) is 5.02 Å². The maximum Gasteiger partial charge on any atom is 0.123 e. The van der Waals surface area contributed by atoms with Gasteiger partial charge in [0.2, 0.25) is 0 Å². The maximum absolute atomic E-state index is 13.4. The Balaban J connectivity index is 1.97. The minimum absolute atomic E-state index is 0.301. The molecule has 0 spiro atoms. The van der Waals surface area contributed by atoms with Crippen molar-refractivity contribution in [1.82, 2.24) is 9.78 Å². The molecule has 5 heteroatoms. The molecule has 0 saturated heterocycles. The molecule has 2 nitrogen and oxygen atoms in total. The second kappa shape index (κ2) is 6.97. The van der Waals surface area contributed by atoms with Gasteiger partial charge >= 0.3 is 0 Å². The van der Waals surface area contributed by atoms with E-state index >= 15 is 0 Å². The van der Waals surface area contributed by atoms with Gasteiger partial charge in [0.05, 0.1) is 17.1 Å². The molecule has 0 atom stereocenters. The number of nitrogens with zero attached hydrogens (tertiary/aromatic N) is 2. The molecular formula is C22H15ClF2N2. The number of benzene rings is 3. The summed E-state index contributed by atoms with van der Waals surface area (Å²) in [4.78, 5) is 0. The molecule has 0 saturated carbocycles. The van der Waals surface area contributed by atoms with Crippen LogP contribution in [0, 0.1) is 18.6 Å². The van der Waals surface area contributed by atoms with Crippen LogP contribution >= 0.6 is 11.6 Å². The first-order valence-corrected chi connectivity index (χ1v) is 8.78. The lowest BCUT2D eigenvalue weighted by Gasteiger charge is -2.09. The number of hydrogen-bond donors (Lipinski definition) is 0. The van der Waals surface area contributed by atoms with Crippen molar-refractivity contribution in [3.8, 4) is 28.2 Å². The van der Waals surface area contributed by atoms with Crippen LogP contribution in [0.5, 0.6) is 0 Å². The molecule has 4 rings (SSSR count). The van der Waals surface area contributed by atoms with Crippen LogP contribution in [0.1, 0.15) is 5.56 Å². The molecule has 0 bridgehead atoms. The molecule has 0 unspecified atom stereocenters. The highest BCUT2D eigenvalue weighted by Crippen LogP contribution is 2.34. The molecule has 27 heavy (non-hydrogen) atoms. The fourth-order valence-corrected chi connectivity index (χ4v) is 3.30. The van der Waals surface area contributed by atoms with Crippen LogP contribution < -0.4 is 0 Å². The third kappa shape index (κ3) is 3.36. The summed E-state index contributed by atoms with van der Waals surface area (Å²) in [6.07, 6.45) is 0. The summed E-state index contributed by atoms with van der Waals surface area (Å²) in [7, 11) is 0. The van der Waals surface area contributed by atoms with Gasteiger partial charge in [0.1, 0.15) is 11.6 Å². The van der Waals surface area contributed by atoms with Crippen LogP contribution in [0.15, 0.2) is 72.8 Å². The zero-order valence-corrected chi connectivity index (χ0v) is 15.2. The Morgan fingerprint density at radius 3 is 2.00 bits per heavy atom. The Labute approximate surface area is 160 Å². The molecular weight excluding hydrogens is 366 g/mol. The first-order chi connectivity index (χ1) is 13.0. The molecule has 1 aromatic heterocycles.